The summed E-state index contributed by atoms with van der Waals surface area (Å²) in [6, 6.07) is 10.5. The van der Waals surface area contributed by atoms with Crippen LogP contribution in [0.3, 0.4) is 0 Å². The number of hydrogen-bond donors (Lipinski definition) is 4. The minimum Gasteiger partial charge on any atom is -0.504 e. The number of nitrogens with two attached hydrogens (primary N) is 1. The summed E-state index contributed by atoms with van der Waals surface area (Å²) in [4.78, 5) is 26.9. The van der Waals surface area contributed by atoms with Crippen LogP contribution in [0.4, 0.5) is 0 Å². The highest BCUT2D eigenvalue weighted by Crippen LogP contribution is 2.40. The highest BCUT2D eigenvalue weighted by Gasteiger charge is 2.27. The summed E-state index contributed by atoms with van der Waals surface area (Å²) in [6.07, 6.45) is 1.52. The Morgan fingerprint density at radius 2 is 1.83 bits per heavy atom. The monoisotopic (exact) mass is 410 g/mol. The molecule has 30 heavy (non-hydrogen) atoms. The molecule has 8 nitrogen and oxygen atoms in total. The third-order valence-electron chi connectivity index (χ3n) is 5.62. The number of amides is 1. The molecule has 0 aliphatic carbocycles. The maximum absolute atomic E-state index is 12.9. The fourth-order valence-electron chi connectivity index (χ4n) is 3.93. The molecule has 1 aromatic heterocycles. The van der Waals surface area contributed by atoms with Crippen molar-refractivity contribution in [2.24, 2.45) is 5.73 Å². The van der Waals surface area contributed by atoms with Gasteiger partial charge in [-0.1, -0.05) is 24.3 Å². The van der Waals surface area contributed by atoms with E-state index in [1.807, 2.05) is 12.1 Å². The lowest BCUT2D eigenvalue weighted by Crippen LogP contribution is -2.39. The topological polar surface area (TPSA) is 137 Å². The van der Waals surface area contributed by atoms with E-state index in [9.17, 15) is 24.9 Å². The third kappa shape index (κ3) is 3.46. The first kappa shape index (κ1) is 19.8. The third-order valence-corrected chi connectivity index (χ3v) is 5.62. The van der Waals surface area contributed by atoms with Crippen LogP contribution in [0.15, 0.2) is 45.6 Å². The first-order valence-electron chi connectivity index (χ1n) is 9.69. The lowest BCUT2D eigenvalue weighted by atomic mass is 9.88. The molecule has 0 unspecified atom stereocenters. The number of phenolic OH excluding ortho intramolecular Hbond substituents is 3. The molecule has 4 rings (SSSR count). The molecule has 1 fully saturated rings. The van der Waals surface area contributed by atoms with Crippen LogP contribution in [0.2, 0.25) is 0 Å². The summed E-state index contributed by atoms with van der Waals surface area (Å²) >= 11 is 0. The van der Waals surface area contributed by atoms with Crippen LogP contribution in [0.25, 0.3) is 11.0 Å². The molecule has 0 saturated carbocycles. The lowest BCUT2D eigenvalue weighted by molar-refractivity contribution is 0.0709. The number of benzene rings is 2. The van der Waals surface area contributed by atoms with Crippen LogP contribution in [0.1, 0.15) is 40.2 Å². The molecule has 0 atom stereocenters. The second-order valence-corrected chi connectivity index (χ2v) is 7.47. The molecule has 1 aliphatic rings. The van der Waals surface area contributed by atoms with Crippen LogP contribution < -0.4 is 11.4 Å². The van der Waals surface area contributed by atoms with Gasteiger partial charge in [-0.2, -0.15) is 0 Å². The van der Waals surface area contributed by atoms with Gasteiger partial charge in [-0.25, -0.2) is 4.79 Å². The van der Waals surface area contributed by atoms with Gasteiger partial charge >= 0.3 is 5.63 Å². The van der Waals surface area contributed by atoms with Gasteiger partial charge in [0.1, 0.15) is 5.56 Å². The van der Waals surface area contributed by atoms with Crippen LogP contribution >= 0.6 is 0 Å². The maximum Gasteiger partial charge on any atom is 0.349 e. The SMILES string of the molecule is NCc1cccc(C2CCN(C(=O)c3cc4cc(O)c(O)c(O)c4oc3=O)CC2)c1. The molecular formula is C22H22N2O6. The van der Waals surface area contributed by atoms with Gasteiger partial charge in [-0.15, -0.1) is 0 Å². The first-order chi connectivity index (χ1) is 14.4. The second kappa shape index (κ2) is 7.72. The zero-order valence-electron chi connectivity index (χ0n) is 16.2. The molecule has 2 aromatic carbocycles. The predicted molar refractivity (Wildman–Crippen MR) is 110 cm³/mol. The minimum atomic E-state index is -0.911. The maximum atomic E-state index is 12.9. The minimum absolute atomic E-state index is 0.138. The summed E-state index contributed by atoms with van der Waals surface area (Å²) in [6.45, 7) is 1.45. The van der Waals surface area contributed by atoms with Crippen molar-refractivity contribution in [3.05, 3.63) is 63.5 Å². The Morgan fingerprint density at radius 1 is 1.10 bits per heavy atom. The molecule has 0 radical (unpaired) electrons. The summed E-state index contributed by atoms with van der Waals surface area (Å²) < 4.78 is 5.05. The van der Waals surface area contributed by atoms with E-state index < -0.39 is 28.8 Å². The van der Waals surface area contributed by atoms with Gasteiger partial charge in [0.15, 0.2) is 11.3 Å². The Morgan fingerprint density at radius 3 is 2.53 bits per heavy atom. The largest absolute Gasteiger partial charge is 0.504 e. The van der Waals surface area contributed by atoms with Crippen molar-refractivity contribution in [1.82, 2.24) is 4.90 Å². The van der Waals surface area contributed by atoms with E-state index in [4.69, 9.17) is 10.2 Å². The summed E-state index contributed by atoms with van der Waals surface area (Å²) in [5.41, 5.74) is 6.60. The molecule has 5 N–H and O–H groups in total. The normalized spacial score (nSPS) is 14.9. The standard InChI is InChI=1S/C22H22N2O6/c23-11-12-2-1-3-14(8-12)13-4-6-24(7-5-13)21(28)16-9-15-10-17(25)18(26)19(27)20(15)30-22(16)29/h1-3,8-10,13,25-27H,4-7,11,23H2. The zero-order chi connectivity index (χ0) is 21.4. The van der Waals surface area contributed by atoms with Crippen molar-refractivity contribution in [2.75, 3.05) is 13.1 Å². The van der Waals surface area contributed by atoms with Crippen LogP contribution in [-0.2, 0) is 6.54 Å². The molecule has 156 valence electrons. The molecular weight excluding hydrogens is 388 g/mol. The zero-order valence-corrected chi connectivity index (χ0v) is 16.2. The number of aromatic hydroxyl groups is 3. The van der Waals surface area contributed by atoms with Gasteiger partial charge in [0, 0.05) is 25.0 Å². The van der Waals surface area contributed by atoms with E-state index >= 15 is 0 Å². The highest BCUT2D eigenvalue weighted by molar-refractivity contribution is 5.98. The van der Waals surface area contributed by atoms with E-state index in [1.54, 1.807) is 4.90 Å². The Bertz CT molecular complexity index is 1180. The number of nitrogens with zero attached hydrogens (tertiary/aromatic N) is 1. The van der Waals surface area contributed by atoms with Crippen molar-refractivity contribution in [2.45, 2.75) is 25.3 Å². The molecule has 0 spiro atoms. The summed E-state index contributed by atoms with van der Waals surface area (Å²) in [7, 11) is 0. The van der Waals surface area contributed by atoms with Crippen LogP contribution in [0.5, 0.6) is 17.2 Å². The molecule has 2 heterocycles. The average molecular weight is 410 g/mol. The van der Waals surface area contributed by atoms with Crippen molar-refractivity contribution in [3.63, 3.8) is 0 Å². The average Bonchev–Trinajstić information content (AvgIpc) is 2.77. The van der Waals surface area contributed by atoms with Crippen molar-refractivity contribution >= 4 is 16.9 Å². The molecule has 8 heteroatoms. The van der Waals surface area contributed by atoms with E-state index in [0.29, 0.717) is 25.6 Å². The molecule has 1 saturated heterocycles. The number of phenols is 3. The highest BCUT2D eigenvalue weighted by atomic mass is 16.4. The van der Waals surface area contributed by atoms with Gasteiger partial charge in [0.2, 0.25) is 11.5 Å². The molecule has 0 bridgehead atoms. The number of rotatable bonds is 3. The van der Waals surface area contributed by atoms with Gasteiger partial charge < -0.3 is 30.4 Å². The predicted octanol–water partition coefficient (Wildman–Crippen LogP) is 2.39. The molecule has 1 aliphatic heterocycles. The van der Waals surface area contributed by atoms with E-state index in [2.05, 4.69) is 12.1 Å². The number of carbonyl (C=O) groups excluding carboxylic acids is 1. The Hall–Kier alpha value is -3.52. The Labute approximate surface area is 171 Å². The Kier molecular flexibility index (Phi) is 5.09. The summed E-state index contributed by atoms with van der Waals surface area (Å²) in [5.74, 6) is -2.27. The molecule has 1 amide bonds. The number of likely N-dealkylation sites (tertiary alicyclic amines) is 1. The fourth-order valence-corrected chi connectivity index (χ4v) is 3.93. The Balaban J connectivity index is 1.55. The quantitative estimate of drug-likeness (QED) is 0.384. The second-order valence-electron chi connectivity index (χ2n) is 7.47. The van der Waals surface area contributed by atoms with Gasteiger partial charge in [0.05, 0.1) is 0 Å². The van der Waals surface area contributed by atoms with Crippen LogP contribution in [0, 0.1) is 0 Å². The van der Waals surface area contributed by atoms with Crippen molar-refractivity contribution in [1.29, 1.82) is 0 Å². The number of carbonyl (C=O) groups is 1. The van der Waals surface area contributed by atoms with Crippen LogP contribution in [-0.4, -0.2) is 39.2 Å². The number of fused-ring (bicyclic) bond motifs is 1. The van der Waals surface area contributed by atoms with E-state index in [1.165, 1.54) is 11.6 Å². The van der Waals surface area contributed by atoms with Crippen molar-refractivity contribution < 1.29 is 24.5 Å². The molecule has 3 aromatic rings. The van der Waals surface area contributed by atoms with Gasteiger partial charge in [0.25, 0.3) is 5.91 Å². The number of piperidine rings is 1. The smallest absolute Gasteiger partial charge is 0.349 e. The van der Waals surface area contributed by atoms with Crippen molar-refractivity contribution in [3.8, 4) is 17.2 Å². The first-order valence-corrected chi connectivity index (χ1v) is 9.69. The van der Waals surface area contributed by atoms with Gasteiger partial charge in [-0.3, -0.25) is 4.79 Å². The summed E-state index contributed by atoms with van der Waals surface area (Å²) in [5, 5.41) is 29.3. The number of hydrogen-bond acceptors (Lipinski definition) is 7. The van der Waals surface area contributed by atoms with E-state index in [-0.39, 0.29) is 16.5 Å². The fraction of sp³-hybridized carbons (Fsp3) is 0.273. The van der Waals surface area contributed by atoms with E-state index in [0.717, 1.165) is 24.5 Å². The van der Waals surface area contributed by atoms with Gasteiger partial charge in [-0.05, 0) is 42.0 Å². The lowest BCUT2D eigenvalue weighted by Gasteiger charge is -2.32.